The molecule has 2 aromatic carbocycles. The molecule has 2 unspecified atom stereocenters. The molecule has 0 heterocycles. The number of fused-ring (bicyclic) bond motifs is 1. The third kappa shape index (κ3) is 2.66. The standard InChI is InChI=1S/C19H18O2/c1-13(11-18(20)14-7-3-2-4-8-14)17-12-15-9-5-6-10-16(15)19(17)21/h2-10,13,17H,11-12H2,1H3. The van der Waals surface area contributed by atoms with Gasteiger partial charge in [0, 0.05) is 23.5 Å². The predicted molar refractivity (Wildman–Crippen MR) is 82.5 cm³/mol. The molecule has 0 bridgehead atoms. The molecule has 0 saturated carbocycles. The van der Waals surface area contributed by atoms with Crippen LogP contribution >= 0.6 is 0 Å². The summed E-state index contributed by atoms with van der Waals surface area (Å²) in [6.45, 7) is 2.01. The first-order valence-corrected chi connectivity index (χ1v) is 7.37. The maximum atomic E-state index is 12.4. The molecule has 0 spiro atoms. The smallest absolute Gasteiger partial charge is 0.166 e. The normalized spacial score (nSPS) is 18.3. The Morgan fingerprint density at radius 2 is 1.76 bits per heavy atom. The molecular formula is C19H18O2. The number of ketones is 2. The third-order valence-corrected chi connectivity index (χ3v) is 4.35. The molecule has 0 fully saturated rings. The highest BCUT2D eigenvalue weighted by atomic mass is 16.1. The highest BCUT2D eigenvalue weighted by Crippen LogP contribution is 2.33. The van der Waals surface area contributed by atoms with Crippen molar-refractivity contribution in [3.63, 3.8) is 0 Å². The van der Waals surface area contributed by atoms with Gasteiger partial charge in [0.2, 0.25) is 0 Å². The summed E-state index contributed by atoms with van der Waals surface area (Å²) < 4.78 is 0. The second-order valence-electron chi connectivity index (χ2n) is 5.80. The minimum atomic E-state index is -0.0601. The fraction of sp³-hybridized carbons (Fsp3) is 0.263. The first kappa shape index (κ1) is 13.7. The fourth-order valence-electron chi connectivity index (χ4n) is 3.10. The van der Waals surface area contributed by atoms with Gasteiger partial charge in [0.15, 0.2) is 11.6 Å². The molecule has 0 amide bonds. The van der Waals surface area contributed by atoms with E-state index in [9.17, 15) is 9.59 Å². The van der Waals surface area contributed by atoms with Gasteiger partial charge in [-0.1, -0.05) is 61.5 Å². The molecule has 2 nitrogen and oxygen atoms in total. The number of rotatable bonds is 4. The first-order valence-electron chi connectivity index (χ1n) is 7.37. The fourth-order valence-corrected chi connectivity index (χ4v) is 3.10. The van der Waals surface area contributed by atoms with Crippen LogP contribution in [0, 0.1) is 11.8 Å². The number of benzene rings is 2. The van der Waals surface area contributed by atoms with Gasteiger partial charge in [0.05, 0.1) is 0 Å². The van der Waals surface area contributed by atoms with Crippen molar-refractivity contribution in [2.45, 2.75) is 19.8 Å². The Kier molecular flexibility index (Phi) is 3.70. The summed E-state index contributed by atoms with van der Waals surface area (Å²) in [6.07, 6.45) is 1.19. The number of hydrogen-bond donors (Lipinski definition) is 0. The Bertz CT molecular complexity index is 673. The van der Waals surface area contributed by atoms with E-state index in [-0.39, 0.29) is 23.4 Å². The summed E-state index contributed by atoms with van der Waals surface area (Å²) in [5.41, 5.74) is 2.68. The van der Waals surface area contributed by atoms with E-state index >= 15 is 0 Å². The van der Waals surface area contributed by atoms with Crippen molar-refractivity contribution < 1.29 is 9.59 Å². The molecule has 2 heteroatoms. The zero-order valence-corrected chi connectivity index (χ0v) is 12.1. The van der Waals surface area contributed by atoms with E-state index in [1.807, 2.05) is 61.5 Å². The van der Waals surface area contributed by atoms with Crippen LogP contribution in [0.5, 0.6) is 0 Å². The monoisotopic (exact) mass is 278 g/mol. The zero-order chi connectivity index (χ0) is 14.8. The van der Waals surface area contributed by atoms with Crippen molar-refractivity contribution in [1.29, 1.82) is 0 Å². The van der Waals surface area contributed by atoms with Crippen LogP contribution in [0.25, 0.3) is 0 Å². The predicted octanol–water partition coefficient (Wildman–Crippen LogP) is 3.95. The van der Waals surface area contributed by atoms with E-state index in [1.54, 1.807) is 0 Å². The van der Waals surface area contributed by atoms with E-state index in [2.05, 4.69) is 0 Å². The molecule has 0 aromatic heterocycles. The van der Waals surface area contributed by atoms with Gasteiger partial charge in [0.25, 0.3) is 0 Å². The summed E-state index contributed by atoms with van der Waals surface area (Å²) in [4.78, 5) is 24.7. The Balaban J connectivity index is 1.72. The van der Waals surface area contributed by atoms with E-state index in [4.69, 9.17) is 0 Å². The van der Waals surface area contributed by atoms with Crippen LogP contribution in [0.1, 0.15) is 39.6 Å². The van der Waals surface area contributed by atoms with Crippen LogP contribution in [0.2, 0.25) is 0 Å². The van der Waals surface area contributed by atoms with E-state index in [0.29, 0.717) is 6.42 Å². The van der Waals surface area contributed by atoms with Crippen molar-refractivity contribution in [3.8, 4) is 0 Å². The zero-order valence-electron chi connectivity index (χ0n) is 12.1. The topological polar surface area (TPSA) is 34.1 Å². The number of Topliss-reactive ketones (excluding diaryl/α,β-unsaturated/α-hetero) is 2. The average molecular weight is 278 g/mol. The largest absolute Gasteiger partial charge is 0.294 e. The van der Waals surface area contributed by atoms with E-state index in [0.717, 1.165) is 23.1 Å². The summed E-state index contributed by atoms with van der Waals surface area (Å²) in [5.74, 6) is 0.318. The Morgan fingerprint density at radius 1 is 1.10 bits per heavy atom. The van der Waals surface area contributed by atoms with Crippen LogP contribution in [0.3, 0.4) is 0 Å². The Labute approximate surface area is 124 Å². The van der Waals surface area contributed by atoms with Gasteiger partial charge in [-0.25, -0.2) is 0 Å². The van der Waals surface area contributed by atoms with E-state index < -0.39 is 0 Å². The van der Waals surface area contributed by atoms with Gasteiger partial charge in [-0.3, -0.25) is 9.59 Å². The second kappa shape index (κ2) is 5.65. The van der Waals surface area contributed by atoms with Gasteiger partial charge < -0.3 is 0 Å². The third-order valence-electron chi connectivity index (χ3n) is 4.35. The molecule has 1 aliphatic rings. The number of hydrogen-bond acceptors (Lipinski definition) is 2. The van der Waals surface area contributed by atoms with Crippen molar-refractivity contribution in [2.24, 2.45) is 11.8 Å². The van der Waals surface area contributed by atoms with Crippen molar-refractivity contribution in [1.82, 2.24) is 0 Å². The highest BCUT2D eigenvalue weighted by Gasteiger charge is 2.34. The number of carbonyl (C=O) groups excluding carboxylic acids is 2. The van der Waals surface area contributed by atoms with Crippen molar-refractivity contribution >= 4 is 11.6 Å². The number of carbonyl (C=O) groups is 2. The van der Waals surface area contributed by atoms with Gasteiger partial charge >= 0.3 is 0 Å². The molecule has 1 aliphatic carbocycles. The minimum absolute atomic E-state index is 0.0601. The summed E-state index contributed by atoms with van der Waals surface area (Å²) in [5, 5.41) is 0. The SMILES string of the molecule is CC(CC(=O)c1ccccc1)C1Cc2ccccc2C1=O. The minimum Gasteiger partial charge on any atom is -0.294 e. The van der Waals surface area contributed by atoms with Crippen LogP contribution in [-0.4, -0.2) is 11.6 Å². The van der Waals surface area contributed by atoms with Gasteiger partial charge in [0.1, 0.15) is 0 Å². The lowest BCUT2D eigenvalue weighted by molar-refractivity contribution is 0.0865. The lowest BCUT2D eigenvalue weighted by Gasteiger charge is -2.16. The molecular weight excluding hydrogens is 260 g/mol. The van der Waals surface area contributed by atoms with Gasteiger partial charge in [-0.15, -0.1) is 0 Å². The summed E-state index contributed by atoms with van der Waals surface area (Å²) >= 11 is 0. The molecule has 0 saturated heterocycles. The summed E-state index contributed by atoms with van der Waals surface area (Å²) in [7, 11) is 0. The molecule has 0 radical (unpaired) electrons. The lowest BCUT2D eigenvalue weighted by atomic mass is 9.85. The molecule has 3 rings (SSSR count). The quantitative estimate of drug-likeness (QED) is 0.793. The first-order chi connectivity index (χ1) is 10.2. The lowest BCUT2D eigenvalue weighted by Crippen LogP contribution is -2.21. The van der Waals surface area contributed by atoms with E-state index in [1.165, 1.54) is 0 Å². The molecule has 0 N–H and O–H groups in total. The Morgan fingerprint density at radius 3 is 2.48 bits per heavy atom. The van der Waals surface area contributed by atoms with Crippen molar-refractivity contribution in [2.75, 3.05) is 0 Å². The highest BCUT2D eigenvalue weighted by molar-refractivity contribution is 6.03. The molecule has 21 heavy (non-hydrogen) atoms. The van der Waals surface area contributed by atoms with Gasteiger partial charge in [-0.2, -0.15) is 0 Å². The average Bonchev–Trinajstić information content (AvgIpc) is 2.86. The van der Waals surface area contributed by atoms with Crippen molar-refractivity contribution in [3.05, 3.63) is 71.3 Å². The maximum absolute atomic E-state index is 12.4. The summed E-state index contributed by atoms with van der Waals surface area (Å²) in [6, 6.07) is 17.1. The van der Waals surface area contributed by atoms with Crippen LogP contribution in [0.4, 0.5) is 0 Å². The van der Waals surface area contributed by atoms with Crippen LogP contribution < -0.4 is 0 Å². The molecule has 2 aromatic rings. The molecule has 0 aliphatic heterocycles. The Hall–Kier alpha value is -2.22. The molecule has 106 valence electrons. The van der Waals surface area contributed by atoms with Crippen LogP contribution in [-0.2, 0) is 6.42 Å². The van der Waals surface area contributed by atoms with Crippen LogP contribution in [0.15, 0.2) is 54.6 Å². The molecule has 2 atom stereocenters. The van der Waals surface area contributed by atoms with Gasteiger partial charge in [-0.05, 0) is 17.9 Å². The maximum Gasteiger partial charge on any atom is 0.166 e. The second-order valence-corrected chi connectivity index (χ2v) is 5.80.